The van der Waals surface area contributed by atoms with Crippen LogP contribution in [0.1, 0.15) is 76.5 Å². The Bertz CT molecular complexity index is 1260. The van der Waals surface area contributed by atoms with Gasteiger partial charge in [-0.2, -0.15) is 12.6 Å². The number of hydrogen-bond acceptors (Lipinski definition) is 9. The zero-order chi connectivity index (χ0) is 32.3. The molecule has 1 fully saturated rings. The molecule has 242 valence electrons. The third kappa shape index (κ3) is 10.8. The molecule has 1 aliphatic heterocycles. The Hall–Kier alpha value is -3.16. The lowest BCUT2D eigenvalue weighted by atomic mass is 10.00. The summed E-state index contributed by atoms with van der Waals surface area (Å²) in [6, 6.07) is 6.02. The van der Waals surface area contributed by atoms with Crippen LogP contribution in [0.2, 0.25) is 0 Å². The fourth-order valence-corrected chi connectivity index (χ4v) is 6.16. The fraction of sp³-hybridized carbons (Fsp3) is 0.581. The number of ether oxygens (including phenoxy) is 1. The first-order valence-corrected chi connectivity index (χ1v) is 16.4. The predicted molar refractivity (Wildman–Crippen MR) is 173 cm³/mol. The fourth-order valence-electron chi connectivity index (χ4n) is 5.17. The van der Waals surface area contributed by atoms with Crippen LogP contribution in [-0.2, 0) is 25.7 Å². The molecule has 11 nitrogen and oxygen atoms in total. The largest absolute Gasteiger partial charge is 0.450 e. The van der Waals surface area contributed by atoms with Crippen molar-refractivity contribution in [1.82, 2.24) is 20.5 Å². The number of amides is 4. The van der Waals surface area contributed by atoms with Crippen LogP contribution in [-0.4, -0.2) is 74.9 Å². The van der Waals surface area contributed by atoms with E-state index in [0.717, 1.165) is 53.8 Å². The molecule has 0 unspecified atom stereocenters. The summed E-state index contributed by atoms with van der Waals surface area (Å²) in [6.07, 6.45) is 3.80. The number of aliphatic hydroxyl groups is 1. The van der Waals surface area contributed by atoms with Gasteiger partial charge >= 0.3 is 6.09 Å². The number of thiol groups is 1. The lowest BCUT2D eigenvalue weighted by molar-refractivity contribution is -0.142. The molecule has 0 saturated carbocycles. The van der Waals surface area contributed by atoms with Gasteiger partial charge in [0.25, 0.3) is 0 Å². The monoisotopic (exact) mass is 647 g/mol. The number of aryl methyl sites for hydroxylation is 1. The first-order valence-electron chi connectivity index (χ1n) is 15.1. The summed E-state index contributed by atoms with van der Waals surface area (Å²) in [7, 11) is 0. The number of primary amides is 1. The molecule has 0 radical (unpaired) electrons. The molecule has 3 atom stereocenters. The van der Waals surface area contributed by atoms with E-state index >= 15 is 0 Å². The Balaban J connectivity index is 1.50. The molecule has 1 saturated heterocycles. The Morgan fingerprint density at radius 1 is 1.14 bits per heavy atom. The van der Waals surface area contributed by atoms with E-state index in [-0.39, 0.29) is 37.7 Å². The highest BCUT2D eigenvalue weighted by Crippen LogP contribution is 2.28. The highest BCUT2D eigenvalue weighted by atomic mass is 32.1. The number of nitrogens with zero attached hydrogens (tertiary/aromatic N) is 2. The minimum absolute atomic E-state index is 0.000522. The Labute approximate surface area is 268 Å². The van der Waals surface area contributed by atoms with Crippen molar-refractivity contribution in [3.8, 4) is 10.4 Å². The van der Waals surface area contributed by atoms with Gasteiger partial charge in [-0.25, -0.2) is 9.78 Å². The van der Waals surface area contributed by atoms with Gasteiger partial charge in [0.15, 0.2) is 0 Å². The van der Waals surface area contributed by atoms with E-state index in [1.165, 1.54) is 4.90 Å². The number of carbonyl (C=O) groups is 4. The van der Waals surface area contributed by atoms with Crippen molar-refractivity contribution in [2.24, 2.45) is 5.73 Å². The van der Waals surface area contributed by atoms with Gasteiger partial charge in [-0.3, -0.25) is 14.4 Å². The van der Waals surface area contributed by atoms with Crippen molar-refractivity contribution in [2.45, 2.75) is 102 Å². The number of carbonyl (C=O) groups excluding carboxylic acids is 4. The van der Waals surface area contributed by atoms with Crippen LogP contribution >= 0.6 is 24.0 Å². The molecular weight excluding hydrogens is 603 g/mol. The maximum atomic E-state index is 13.7. The maximum Gasteiger partial charge on any atom is 0.404 e. The molecule has 3 rings (SSSR count). The van der Waals surface area contributed by atoms with Gasteiger partial charge in [-0.1, -0.05) is 49.9 Å². The van der Waals surface area contributed by atoms with E-state index in [1.54, 1.807) is 25.2 Å². The van der Waals surface area contributed by atoms with Crippen molar-refractivity contribution < 1.29 is 29.0 Å². The summed E-state index contributed by atoms with van der Waals surface area (Å²) in [5.41, 5.74) is 9.68. The molecule has 2 aromatic rings. The molecule has 13 heteroatoms. The first kappa shape index (κ1) is 35.3. The number of benzene rings is 1. The standard InChI is InChI=1S/C31H45N5O6S2/c1-20-26(44-19-34-20)22-13-11-21(12-14-22)17-33-28(39)24-16-23(37)18-36(24)29(40)27(31(2,3)43)35-25(38)10-8-6-4-5-7-9-15-42-30(32)41/h11-14,19,23-24,27,37,43H,4-10,15-18H2,1-3H3,(H2,32,41)(H,33,39)(H,35,38)/t23-,24+,27-/m1/s1. The van der Waals surface area contributed by atoms with E-state index in [0.29, 0.717) is 13.0 Å². The van der Waals surface area contributed by atoms with Gasteiger partial charge in [0, 0.05) is 30.7 Å². The number of aromatic nitrogens is 1. The summed E-state index contributed by atoms with van der Waals surface area (Å²) in [6.45, 7) is 6.02. The average Bonchev–Trinajstić information content (AvgIpc) is 3.58. The highest BCUT2D eigenvalue weighted by Gasteiger charge is 2.44. The topological polar surface area (TPSA) is 164 Å². The number of hydrogen-bond donors (Lipinski definition) is 5. The molecule has 4 amide bonds. The van der Waals surface area contributed by atoms with Gasteiger partial charge in [-0.05, 0) is 44.7 Å². The molecule has 5 N–H and O–H groups in total. The Morgan fingerprint density at radius 3 is 2.41 bits per heavy atom. The number of β-amino-alcohol motifs (C(OH)–C–C–N with tert-alkyl or cyclic N) is 1. The summed E-state index contributed by atoms with van der Waals surface area (Å²) < 4.78 is 3.80. The molecule has 2 heterocycles. The summed E-state index contributed by atoms with van der Waals surface area (Å²) in [5.74, 6) is -1.07. The maximum absolute atomic E-state index is 13.7. The number of unbranched alkanes of at least 4 members (excludes halogenated alkanes) is 5. The van der Waals surface area contributed by atoms with Crippen molar-refractivity contribution in [3.05, 3.63) is 41.0 Å². The lowest BCUT2D eigenvalue weighted by Crippen LogP contribution is -2.59. The van der Waals surface area contributed by atoms with Crippen LogP contribution in [0.5, 0.6) is 0 Å². The lowest BCUT2D eigenvalue weighted by Gasteiger charge is -2.34. The van der Waals surface area contributed by atoms with Crippen LogP contribution in [0.25, 0.3) is 10.4 Å². The normalized spacial score (nSPS) is 17.2. The zero-order valence-corrected chi connectivity index (χ0v) is 27.4. The minimum atomic E-state index is -0.980. The zero-order valence-electron chi connectivity index (χ0n) is 25.7. The first-order chi connectivity index (χ1) is 20.9. The molecule has 1 aliphatic rings. The molecule has 0 aliphatic carbocycles. The summed E-state index contributed by atoms with van der Waals surface area (Å²) >= 11 is 6.17. The van der Waals surface area contributed by atoms with Gasteiger partial charge in [-0.15, -0.1) is 11.3 Å². The van der Waals surface area contributed by atoms with Crippen LogP contribution < -0.4 is 16.4 Å². The number of likely N-dealkylation sites (tertiary alicyclic amines) is 1. The summed E-state index contributed by atoms with van der Waals surface area (Å²) in [4.78, 5) is 57.1. The number of nitrogens with two attached hydrogens (primary N) is 1. The number of nitrogens with one attached hydrogen (secondary N) is 2. The van der Waals surface area contributed by atoms with Gasteiger partial charge in [0.1, 0.15) is 12.1 Å². The van der Waals surface area contributed by atoms with Gasteiger partial charge in [0.2, 0.25) is 17.7 Å². The van der Waals surface area contributed by atoms with Crippen molar-refractivity contribution in [2.75, 3.05) is 13.2 Å². The molecule has 44 heavy (non-hydrogen) atoms. The minimum Gasteiger partial charge on any atom is -0.450 e. The second kappa shape index (κ2) is 16.8. The third-order valence-corrected chi connectivity index (χ3v) is 8.83. The predicted octanol–water partition coefficient (Wildman–Crippen LogP) is 3.72. The second-order valence-electron chi connectivity index (χ2n) is 11.8. The van der Waals surface area contributed by atoms with E-state index in [4.69, 9.17) is 10.5 Å². The third-order valence-electron chi connectivity index (χ3n) is 7.59. The Morgan fingerprint density at radius 2 is 1.80 bits per heavy atom. The molecular formula is C31H45N5O6S2. The Kier molecular flexibility index (Phi) is 13.5. The average molecular weight is 648 g/mol. The molecule has 0 bridgehead atoms. The molecule has 1 aromatic carbocycles. The van der Waals surface area contributed by atoms with Crippen molar-refractivity contribution in [1.29, 1.82) is 0 Å². The summed E-state index contributed by atoms with van der Waals surface area (Å²) in [5, 5.41) is 16.1. The van der Waals surface area contributed by atoms with Crippen LogP contribution in [0, 0.1) is 6.92 Å². The van der Waals surface area contributed by atoms with Crippen molar-refractivity contribution in [3.63, 3.8) is 0 Å². The van der Waals surface area contributed by atoms with Crippen LogP contribution in [0.4, 0.5) is 4.79 Å². The van der Waals surface area contributed by atoms with Gasteiger partial charge < -0.3 is 31.1 Å². The second-order valence-corrected chi connectivity index (χ2v) is 13.8. The van der Waals surface area contributed by atoms with E-state index in [2.05, 4.69) is 28.2 Å². The highest BCUT2D eigenvalue weighted by molar-refractivity contribution is 7.81. The van der Waals surface area contributed by atoms with E-state index in [9.17, 15) is 24.3 Å². The van der Waals surface area contributed by atoms with Crippen LogP contribution in [0.3, 0.4) is 0 Å². The number of aliphatic hydroxyl groups excluding tert-OH is 1. The van der Waals surface area contributed by atoms with Gasteiger partial charge in [0.05, 0.1) is 28.8 Å². The van der Waals surface area contributed by atoms with Crippen molar-refractivity contribution >= 4 is 47.8 Å². The number of thiazole rings is 1. The van der Waals surface area contributed by atoms with E-state index in [1.807, 2.05) is 36.7 Å². The molecule has 0 spiro atoms. The van der Waals surface area contributed by atoms with E-state index < -0.39 is 34.9 Å². The number of rotatable bonds is 16. The smallest absolute Gasteiger partial charge is 0.404 e. The van der Waals surface area contributed by atoms with Crippen LogP contribution in [0.15, 0.2) is 29.8 Å². The SMILES string of the molecule is Cc1ncsc1-c1ccc(CNC(=O)[C@@H]2C[C@@H](O)CN2C(=O)[C@@H](NC(=O)CCCCCCCCOC(N)=O)C(C)(C)S)cc1. The quantitative estimate of drug-likeness (QED) is 0.137. The molecule has 1 aromatic heterocycles.